The maximum absolute atomic E-state index is 12.2. The van der Waals surface area contributed by atoms with Gasteiger partial charge in [-0.3, -0.25) is 9.69 Å². The van der Waals surface area contributed by atoms with Crippen molar-refractivity contribution in [1.29, 1.82) is 0 Å². The monoisotopic (exact) mass is 333 g/mol. The SMILES string of the molecule is Cc1cc(Br)cnc1N1C(=O)COc2ccc(N)cc21. The number of carbonyl (C=O) groups excluding carboxylic acids is 1. The molecule has 0 atom stereocenters. The van der Waals surface area contributed by atoms with E-state index in [4.69, 9.17) is 10.5 Å². The molecule has 2 N–H and O–H groups in total. The topological polar surface area (TPSA) is 68.5 Å². The molecule has 0 unspecified atom stereocenters. The number of rotatable bonds is 1. The number of nitrogens with zero attached hydrogens (tertiary/aromatic N) is 2. The summed E-state index contributed by atoms with van der Waals surface area (Å²) in [5.41, 5.74) is 7.90. The molecule has 0 fully saturated rings. The molecule has 0 aliphatic carbocycles. The Morgan fingerprint density at radius 3 is 2.95 bits per heavy atom. The number of aryl methyl sites for hydroxylation is 1. The van der Waals surface area contributed by atoms with Crippen molar-refractivity contribution in [3.8, 4) is 5.75 Å². The van der Waals surface area contributed by atoms with Crippen molar-refractivity contribution in [2.45, 2.75) is 6.92 Å². The first kappa shape index (κ1) is 12.9. The summed E-state index contributed by atoms with van der Waals surface area (Å²) in [6.07, 6.45) is 1.66. The van der Waals surface area contributed by atoms with Crippen LogP contribution in [-0.4, -0.2) is 17.5 Å². The van der Waals surface area contributed by atoms with Crippen molar-refractivity contribution in [1.82, 2.24) is 4.98 Å². The molecule has 1 aliphatic rings. The van der Waals surface area contributed by atoms with Gasteiger partial charge in [0.1, 0.15) is 11.6 Å². The number of carbonyl (C=O) groups is 1. The first-order valence-corrected chi connectivity index (χ1v) is 6.83. The van der Waals surface area contributed by atoms with Crippen LogP contribution in [0, 0.1) is 6.92 Å². The van der Waals surface area contributed by atoms with E-state index < -0.39 is 0 Å². The molecule has 20 heavy (non-hydrogen) atoms. The summed E-state index contributed by atoms with van der Waals surface area (Å²) in [5, 5.41) is 0. The predicted octanol–water partition coefficient (Wildman–Crippen LogP) is 2.79. The molecule has 0 spiro atoms. The van der Waals surface area contributed by atoms with Crippen LogP contribution in [0.3, 0.4) is 0 Å². The second-order valence-corrected chi connectivity index (χ2v) is 5.45. The summed E-state index contributed by atoms with van der Waals surface area (Å²) < 4.78 is 6.29. The predicted molar refractivity (Wildman–Crippen MR) is 80.2 cm³/mol. The van der Waals surface area contributed by atoms with Gasteiger partial charge in [-0.25, -0.2) is 4.98 Å². The van der Waals surface area contributed by atoms with E-state index in [-0.39, 0.29) is 12.5 Å². The van der Waals surface area contributed by atoms with E-state index in [9.17, 15) is 4.79 Å². The summed E-state index contributed by atoms with van der Waals surface area (Å²) in [5.74, 6) is 1.05. The number of halogens is 1. The number of aromatic nitrogens is 1. The standard InChI is InChI=1S/C14H12BrN3O2/c1-8-4-9(15)6-17-14(8)18-11-5-10(16)2-3-12(11)20-7-13(18)19/h2-6H,7,16H2,1H3. The van der Waals surface area contributed by atoms with E-state index in [0.29, 0.717) is 22.9 Å². The molecule has 2 aromatic rings. The lowest BCUT2D eigenvalue weighted by atomic mass is 10.2. The number of anilines is 3. The first-order chi connectivity index (χ1) is 9.56. The molecular formula is C14H12BrN3O2. The van der Waals surface area contributed by atoms with Gasteiger partial charge in [0, 0.05) is 16.4 Å². The highest BCUT2D eigenvalue weighted by molar-refractivity contribution is 9.10. The maximum atomic E-state index is 12.2. The Labute approximate surface area is 124 Å². The number of pyridine rings is 1. The van der Waals surface area contributed by atoms with Gasteiger partial charge in [-0.05, 0) is 52.7 Å². The Balaban J connectivity index is 2.18. The minimum atomic E-state index is -0.166. The minimum absolute atomic E-state index is 0.00585. The highest BCUT2D eigenvalue weighted by Gasteiger charge is 2.29. The molecule has 1 amide bonds. The second kappa shape index (κ2) is 4.79. The molecule has 0 saturated carbocycles. The van der Waals surface area contributed by atoms with E-state index in [2.05, 4.69) is 20.9 Å². The van der Waals surface area contributed by atoms with Gasteiger partial charge in [-0.15, -0.1) is 0 Å². The van der Waals surface area contributed by atoms with Gasteiger partial charge in [0.25, 0.3) is 5.91 Å². The third-order valence-corrected chi connectivity index (χ3v) is 3.49. The number of fused-ring (bicyclic) bond motifs is 1. The molecule has 1 aliphatic heterocycles. The fourth-order valence-electron chi connectivity index (χ4n) is 2.17. The average molecular weight is 334 g/mol. The highest BCUT2D eigenvalue weighted by atomic mass is 79.9. The minimum Gasteiger partial charge on any atom is -0.482 e. The van der Waals surface area contributed by atoms with Crippen molar-refractivity contribution >= 4 is 39.0 Å². The molecule has 1 aromatic carbocycles. The van der Waals surface area contributed by atoms with Crippen LogP contribution in [0.1, 0.15) is 5.56 Å². The third kappa shape index (κ3) is 2.12. The van der Waals surface area contributed by atoms with E-state index in [1.807, 2.05) is 13.0 Å². The lowest BCUT2D eigenvalue weighted by Gasteiger charge is -2.29. The summed E-state index contributed by atoms with van der Waals surface area (Å²) in [4.78, 5) is 18.1. The number of hydrogen-bond donors (Lipinski definition) is 1. The summed E-state index contributed by atoms with van der Waals surface area (Å²) in [7, 11) is 0. The van der Waals surface area contributed by atoms with Gasteiger partial charge in [-0.2, -0.15) is 0 Å². The number of benzene rings is 1. The molecule has 2 heterocycles. The van der Waals surface area contributed by atoms with Crippen LogP contribution in [0.25, 0.3) is 0 Å². The zero-order valence-electron chi connectivity index (χ0n) is 10.8. The normalized spacial score (nSPS) is 13.9. The fraction of sp³-hybridized carbons (Fsp3) is 0.143. The van der Waals surface area contributed by atoms with Crippen molar-refractivity contribution in [2.75, 3.05) is 17.2 Å². The van der Waals surface area contributed by atoms with Crippen LogP contribution in [0.15, 0.2) is 34.9 Å². The molecular weight excluding hydrogens is 322 g/mol. The Hall–Kier alpha value is -2.08. The van der Waals surface area contributed by atoms with Gasteiger partial charge in [-0.1, -0.05) is 0 Å². The van der Waals surface area contributed by atoms with Crippen LogP contribution in [0.4, 0.5) is 17.2 Å². The molecule has 0 bridgehead atoms. The number of ether oxygens (including phenoxy) is 1. The van der Waals surface area contributed by atoms with Gasteiger partial charge in [0.05, 0.1) is 5.69 Å². The van der Waals surface area contributed by atoms with Crippen molar-refractivity contribution in [3.63, 3.8) is 0 Å². The Kier molecular flexibility index (Phi) is 3.10. The van der Waals surface area contributed by atoms with E-state index in [0.717, 1.165) is 10.0 Å². The van der Waals surface area contributed by atoms with Crippen molar-refractivity contribution in [2.24, 2.45) is 0 Å². The smallest absolute Gasteiger partial charge is 0.270 e. The zero-order valence-corrected chi connectivity index (χ0v) is 12.3. The van der Waals surface area contributed by atoms with Crippen molar-refractivity contribution in [3.05, 3.63) is 40.5 Å². The molecule has 3 rings (SSSR count). The molecule has 102 valence electrons. The van der Waals surface area contributed by atoms with Crippen LogP contribution in [0.5, 0.6) is 5.75 Å². The Morgan fingerprint density at radius 1 is 1.40 bits per heavy atom. The van der Waals surface area contributed by atoms with Gasteiger partial charge in [0.2, 0.25) is 0 Å². The number of nitrogen functional groups attached to an aromatic ring is 1. The highest BCUT2D eigenvalue weighted by Crippen LogP contribution is 2.38. The third-order valence-electron chi connectivity index (χ3n) is 3.05. The molecule has 1 aromatic heterocycles. The van der Waals surface area contributed by atoms with Crippen LogP contribution < -0.4 is 15.4 Å². The van der Waals surface area contributed by atoms with Crippen LogP contribution >= 0.6 is 15.9 Å². The van der Waals surface area contributed by atoms with Gasteiger partial charge >= 0.3 is 0 Å². The quantitative estimate of drug-likeness (QED) is 0.815. The van der Waals surface area contributed by atoms with E-state index >= 15 is 0 Å². The largest absolute Gasteiger partial charge is 0.482 e. The second-order valence-electron chi connectivity index (χ2n) is 4.54. The summed E-state index contributed by atoms with van der Waals surface area (Å²) in [6, 6.07) is 7.14. The number of amides is 1. The van der Waals surface area contributed by atoms with Crippen LogP contribution in [0.2, 0.25) is 0 Å². The summed E-state index contributed by atoms with van der Waals surface area (Å²) >= 11 is 3.37. The molecule has 5 nitrogen and oxygen atoms in total. The van der Waals surface area contributed by atoms with Gasteiger partial charge < -0.3 is 10.5 Å². The van der Waals surface area contributed by atoms with Crippen LogP contribution in [-0.2, 0) is 4.79 Å². The fourth-order valence-corrected chi connectivity index (χ4v) is 2.61. The average Bonchev–Trinajstić information content (AvgIpc) is 2.40. The molecule has 6 heteroatoms. The number of nitrogens with two attached hydrogens (primary N) is 1. The molecule has 0 saturated heterocycles. The number of hydrogen-bond acceptors (Lipinski definition) is 4. The first-order valence-electron chi connectivity index (χ1n) is 6.03. The van der Waals surface area contributed by atoms with E-state index in [1.54, 1.807) is 29.3 Å². The maximum Gasteiger partial charge on any atom is 0.270 e. The lowest BCUT2D eigenvalue weighted by molar-refractivity contribution is -0.120. The van der Waals surface area contributed by atoms with Gasteiger partial charge in [0.15, 0.2) is 6.61 Å². The van der Waals surface area contributed by atoms with E-state index in [1.165, 1.54) is 0 Å². The van der Waals surface area contributed by atoms with Crippen molar-refractivity contribution < 1.29 is 9.53 Å². The molecule has 0 radical (unpaired) electrons. The Bertz CT molecular complexity index is 703. The summed E-state index contributed by atoms with van der Waals surface area (Å²) in [6.45, 7) is 1.90. The Morgan fingerprint density at radius 2 is 2.20 bits per heavy atom. The lowest BCUT2D eigenvalue weighted by Crippen LogP contribution is -2.36. The zero-order chi connectivity index (χ0) is 14.3.